The molecule has 0 aliphatic carbocycles. The number of hydrogen-bond acceptors (Lipinski definition) is 2. The normalized spacial score (nSPS) is 10.9. The molecular formula is C11H7Cl4NS. The van der Waals surface area contributed by atoms with Crippen LogP contribution in [-0.2, 0) is 6.54 Å². The highest BCUT2D eigenvalue weighted by Gasteiger charge is 2.16. The Hall–Kier alpha value is 0.0400. The van der Waals surface area contributed by atoms with Gasteiger partial charge in [0.2, 0.25) is 0 Å². The molecule has 6 heteroatoms. The van der Waals surface area contributed by atoms with Gasteiger partial charge < -0.3 is 5.73 Å². The summed E-state index contributed by atoms with van der Waals surface area (Å²) >= 11 is 25.8. The molecule has 0 saturated heterocycles. The van der Waals surface area contributed by atoms with Crippen molar-refractivity contribution in [2.45, 2.75) is 6.54 Å². The highest BCUT2D eigenvalue weighted by atomic mass is 35.5. The van der Waals surface area contributed by atoms with E-state index in [1.807, 2.05) is 11.4 Å². The number of halogens is 4. The predicted octanol–water partition coefficient (Wildman–Crippen LogP) is 5.49. The zero-order valence-corrected chi connectivity index (χ0v) is 12.3. The predicted molar refractivity (Wildman–Crippen MR) is 77.7 cm³/mol. The summed E-state index contributed by atoms with van der Waals surface area (Å²) < 4.78 is 0. The van der Waals surface area contributed by atoms with E-state index in [2.05, 4.69) is 0 Å². The van der Waals surface area contributed by atoms with Crippen molar-refractivity contribution in [3.63, 3.8) is 0 Å². The summed E-state index contributed by atoms with van der Waals surface area (Å²) in [6.07, 6.45) is 0. The first kappa shape index (κ1) is 13.5. The lowest BCUT2D eigenvalue weighted by molar-refractivity contribution is 1.11. The Labute approximate surface area is 123 Å². The van der Waals surface area contributed by atoms with Crippen LogP contribution in [0.15, 0.2) is 17.5 Å². The van der Waals surface area contributed by atoms with Crippen molar-refractivity contribution in [3.05, 3.63) is 42.5 Å². The van der Waals surface area contributed by atoms with Crippen LogP contribution >= 0.6 is 57.7 Å². The van der Waals surface area contributed by atoms with Gasteiger partial charge in [0.15, 0.2) is 0 Å². The van der Waals surface area contributed by atoms with E-state index in [-0.39, 0.29) is 0 Å². The van der Waals surface area contributed by atoms with E-state index in [0.717, 1.165) is 10.4 Å². The molecule has 1 heterocycles. The van der Waals surface area contributed by atoms with E-state index in [1.54, 1.807) is 11.3 Å². The summed E-state index contributed by atoms with van der Waals surface area (Å²) in [5, 5.41) is 3.51. The number of hydrogen-bond donors (Lipinski definition) is 1. The first-order valence-electron chi connectivity index (χ1n) is 4.65. The molecule has 0 atom stereocenters. The van der Waals surface area contributed by atoms with Crippen LogP contribution in [0.2, 0.25) is 20.1 Å². The Morgan fingerprint density at radius 3 is 2.06 bits per heavy atom. The summed E-state index contributed by atoms with van der Waals surface area (Å²) in [7, 11) is 0. The van der Waals surface area contributed by atoms with E-state index in [4.69, 9.17) is 52.1 Å². The van der Waals surface area contributed by atoms with Crippen LogP contribution in [0.1, 0.15) is 4.88 Å². The molecule has 2 rings (SSSR count). The van der Waals surface area contributed by atoms with Gasteiger partial charge in [-0.3, -0.25) is 0 Å². The molecule has 0 radical (unpaired) electrons. The van der Waals surface area contributed by atoms with Gasteiger partial charge in [-0.2, -0.15) is 0 Å². The maximum Gasteiger partial charge on any atom is 0.0687 e. The van der Waals surface area contributed by atoms with Gasteiger partial charge in [-0.15, -0.1) is 11.3 Å². The summed E-state index contributed by atoms with van der Waals surface area (Å²) in [5.74, 6) is 0. The fraction of sp³-hybridized carbons (Fsp3) is 0.0909. The highest BCUT2D eigenvalue weighted by Crippen LogP contribution is 2.44. The van der Waals surface area contributed by atoms with Crippen molar-refractivity contribution >= 4 is 57.7 Å². The molecule has 17 heavy (non-hydrogen) atoms. The monoisotopic (exact) mass is 325 g/mol. The summed E-state index contributed by atoms with van der Waals surface area (Å²) in [6.45, 7) is 0.480. The molecule has 1 nitrogen and oxygen atoms in total. The molecule has 90 valence electrons. The Bertz CT molecular complexity index is 539. The molecule has 0 unspecified atom stereocenters. The fourth-order valence-corrected chi connectivity index (χ4v) is 3.23. The molecule has 0 saturated carbocycles. The Kier molecular flexibility index (Phi) is 4.24. The van der Waals surface area contributed by atoms with E-state index in [9.17, 15) is 0 Å². The summed E-state index contributed by atoms with van der Waals surface area (Å²) in [6, 6.07) is 3.47. The first-order chi connectivity index (χ1) is 8.04. The van der Waals surface area contributed by atoms with Crippen molar-refractivity contribution in [2.24, 2.45) is 5.73 Å². The van der Waals surface area contributed by atoms with Crippen LogP contribution in [0, 0.1) is 0 Å². The third-order valence-corrected chi connectivity index (χ3v) is 4.79. The average Bonchev–Trinajstić information content (AvgIpc) is 2.75. The highest BCUT2D eigenvalue weighted by molar-refractivity contribution is 7.10. The Balaban J connectivity index is 2.65. The molecule has 0 aliphatic rings. The molecule has 0 amide bonds. The molecule has 0 bridgehead atoms. The molecule has 2 aromatic rings. The lowest BCUT2D eigenvalue weighted by atomic mass is 10.1. The lowest BCUT2D eigenvalue weighted by Gasteiger charge is -2.08. The second kappa shape index (κ2) is 5.35. The molecule has 0 aliphatic heterocycles. The molecule has 0 spiro atoms. The van der Waals surface area contributed by atoms with Gasteiger partial charge in [-0.05, 0) is 23.1 Å². The zero-order chi connectivity index (χ0) is 12.6. The Morgan fingerprint density at radius 2 is 1.59 bits per heavy atom. The summed E-state index contributed by atoms with van der Waals surface area (Å²) in [5.41, 5.74) is 7.11. The van der Waals surface area contributed by atoms with E-state index >= 15 is 0 Å². The quantitative estimate of drug-likeness (QED) is 0.726. The van der Waals surface area contributed by atoms with Gasteiger partial charge in [-0.25, -0.2) is 0 Å². The average molecular weight is 327 g/mol. The van der Waals surface area contributed by atoms with Crippen molar-refractivity contribution in [1.82, 2.24) is 0 Å². The second-order valence-corrected chi connectivity index (χ2v) is 5.92. The van der Waals surface area contributed by atoms with E-state index in [0.29, 0.717) is 32.2 Å². The van der Waals surface area contributed by atoms with Crippen molar-refractivity contribution in [2.75, 3.05) is 0 Å². The van der Waals surface area contributed by atoms with Crippen molar-refractivity contribution < 1.29 is 0 Å². The van der Waals surface area contributed by atoms with Crippen molar-refractivity contribution in [1.29, 1.82) is 0 Å². The number of rotatable bonds is 2. The van der Waals surface area contributed by atoms with E-state index < -0.39 is 0 Å². The zero-order valence-electron chi connectivity index (χ0n) is 8.44. The lowest BCUT2D eigenvalue weighted by Crippen LogP contribution is -1.91. The van der Waals surface area contributed by atoms with Crippen LogP contribution in [0.25, 0.3) is 11.1 Å². The van der Waals surface area contributed by atoms with Gasteiger partial charge in [-0.1, -0.05) is 46.4 Å². The van der Waals surface area contributed by atoms with E-state index in [1.165, 1.54) is 6.07 Å². The minimum Gasteiger partial charge on any atom is -0.326 e. The third-order valence-electron chi connectivity index (χ3n) is 2.26. The minimum atomic E-state index is 0.386. The minimum absolute atomic E-state index is 0.386. The van der Waals surface area contributed by atoms with Crippen molar-refractivity contribution in [3.8, 4) is 11.1 Å². The van der Waals surface area contributed by atoms with Crippen LogP contribution in [-0.4, -0.2) is 0 Å². The fourth-order valence-electron chi connectivity index (χ4n) is 1.45. The molecule has 0 fully saturated rings. The van der Waals surface area contributed by atoms with Gasteiger partial charge in [0.05, 0.1) is 20.1 Å². The standard InChI is InChI=1S/C11H7Cl4NS/c12-7-2-8(13)11(15)9(10(7)14)5-1-6(3-16)17-4-5/h1-2,4H,3,16H2. The summed E-state index contributed by atoms with van der Waals surface area (Å²) in [4.78, 5) is 1.04. The second-order valence-electron chi connectivity index (χ2n) is 3.35. The third kappa shape index (κ3) is 2.58. The van der Waals surface area contributed by atoms with Gasteiger partial charge in [0.1, 0.15) is 0 Å². The van der Waals surface area contributed by atoms with Crippen LogP contribution in [0.5, 0.6) is 0 Å². The number of nitrogens with two attached hydrogens (primary N) is 1. The largest absolute Gasteiger partial charge is 0.326 e. The number of thiophene rings is 1. The maximum atomic E-state index is 6.16. The molecule has 1 aromatic carbocycles. The van der Waals surface area contributed by atoms with Crippen LogP contribution in [0.4, 0.5) is 0 Å². The van der Waals surface area contributed by atoms with Gasteiger partial charge in [0, 0.05) is 17.0 Å². The van der Waals surface area contributed by atoms with Crippen LogP contribution < -0.4 is 5.73 Å². The molecule has 2 N–H and O–H groups in total. The first-order valence-corrected chi connectivity index (χ1v) is 7.04. The molecular weight excluding hydrogens is 320 g/mol. The van der Waals surface area contributed by atoms with Gasteiger partial charge >= 0.3 is 0 Å². The maximum absolute atomic E-state index is 6.16. The SMILES string of the molecule is NCc1cc(-c2c(Cl)c(Cl)cc(Cl)c2Cl)cs1. The van der Waals surface area contributed by atoms with Crippen LogP contribution in [0.3, 0.4) is 0 Å². The Morgan fingerprint density at radius 1 is 1.00 bits per heavy atom. The topological polar surface area (TPSA) is 26.0 Å². The number of benzene rings is 1. The molecule has 1 aromatic heterocycles. The smallest absolute Gasteiger partial charge is 0.0687 e. The van der Waals surface area contributed by atoms with Gasteiger partial charge in [0.25, 0.3) is 0 Å².